The van der Waals surface area contributed by atoms with Gasteiger partial charge >= 0.3 is 5.69 Å². The van der Waals surface area contributed by atoms with Crippen molar-refractivity contribution >= 4 is 6.20 Å². The molecule has 2 rings (SSSR count). The molecule has 1 aromatic rings. The molecule has 1 aromatic heterocycles. The molecule has 1 fully saturated rings. The van der Waals surface area contributed by atoms with Crippen LogP contribution in [-0.2, 0) is 4.74 Å². The third kappa shape index (κ3) is 2.55. The van der Waals surface area contributed by atoms with E-state index in [1.807, 2.05) is 0 Å². The van der Waals surface area contributed by atoms with Crippen molar-refractivity contribution < 1.29 is 14.9 Å². The van der Waals surface area contributed by atoms with Gasteiger partial charge in [0.05, 0.1) is 18.8 Å². The first-order valence-corrected chi connectivity index (χ1v) is 5.93. The van der Waals surface area contributed by atoms with Crippen molar-refractivity contribution in [3.05, 3.63) is 39.2 Å². The van der Waals surface area contributed by atoms with E-state index in [-0.39, 0.29) is 13.0 Å². The molecule has 3 unspecified atom stereocenters. The minimum atomic E-state index is -0.882. The molecule has 0 aromatic carbocycles. The third-order valence-corrected chi connectivity index (χ3v) is 3.03. The lowest BCUT2D eigenvalue weighted by atomic mass is 10.2. The van der Waals surface area contributed by atoms with Crippen LogP contribution in [0.2, 0.25) is 0 Å². The minimum absolute atomic E-state index is 0.130. The molecule has 0 bridgehead atoms. The first kappa shape index (κ1) is 14.2. The molecule has 106 valence electrons. The molecule has 8 heteroatoms. The molecule has 0 aliphatic carbocycles. The van der Waals surface area contributed by atoms with Crippen molar-refractivity contribution in [2.45, 2.75) is 24.9 Å². The van der Waals surface area contributed by atoms with Gasteiger partial charge < -0.3 is 14.9 Å². The smallest absolute Gasteiger partial charge is 0.337 e. The Balaban J connectivity index is 2.40. The second kappa shape index (κ2) is 5.83. The van der Waals surface area contributed by atoms with Gasteiger partial charge in [-0.25, -0.2) is 9.36 Å². The summed E-state index contributed by atoms with van der Waals surface area (Å²) in [6, 6.07) is 2.85. The van der Waals surface area contributed by atoms with Gasteiger partial charge in [-0.05, 0) is 0 Å². The van der Waals surface area contributed by atoms with Gasteiger partial charge in [0, 0.05) is 31.0 Å². The number of nitriles is 1. The number of hydrogen-bond donors (Lipinski definition) is 2. The van der Waals surface area contributed by atoms with Gasteiger partial charge in [-0.15, -0.1) is 0 Å². The van der Waals surface area contributed by atoms with E-state index in [1.54, 1.807) is 6.07 Å². The van der Waals surface area contributed by atoms with Crippen LogP contribution in [0.3, 0.4) is 0 Å². The van der Waals surface area contributed by atoms with E-state index in [9.17, 15) is 14.7 Å². The summed E-state index contributed by atoms with van der Waals surface area (Å²) >= 11 is 0. The SMILES string of the molecule is N#C/C=C/n1c(=O)ccn(C2CC(O)C(CO)O2)c1=O. The average Bonchev–Trinajstić information content (AvgIpc) is 2.79. The van der Waals surface area contributed by atoms with Crippen LogP contribution in [0.15, 0.2) is 27.9 Å². The second-order valence-electron chi connectivity index (χ2n) is 4.27. The zero-order valence-corrected chi connectivity index (χ0v) is 10.4. The van der Waals surface area contributed by atoms with Crippen LogP contribution in [-0.4, -0.2) is 38.2 Å². The Hall–Kier alpha value is -2.21. The maximum atomic E-state index is 12.1. The van der Waals surface area contributed by atoms with E-state index in [1.165, 1.54) is 6.20 Å². The molecule has 1 aliphatic rings. The summed E-state index contributed by atoms with van der Waals surface area (Å²) < 4.78 is 7.26. The fourth-order valence-corrected chi connectivity index (χ4v) is 2.02. The molecule has 1 aliphatic heterocycles. The molecule has 3 atom stereocenters. The Morgan fingerprint density at radius 3 is 2.90 bits per heavy atom. The van der Waals surface area contributed by atoms with Gasteiger partial charge in [0.25, 0.3) is 5.56 Å². The van der Waals surface area contributed by atoms with Crippen molar-refractivity contribution in [3.8, 4) is 6.07 Å². The van der Waals surface area contributed by atoms with Crippen LogP contribution < -0.4 is 11.2 Å². The lowest BCUT2D eigenvalue weighted by molar-refractivity contribution is -0.0460. The number of aliphatic hydroxyl groups excluding tert-OH is 2. The number of ether oxygens (including phenoxy) is 1. The fourth-order valence-electron chi connectivity index (χ4n) is 2.02. The molecular formula is C12H13N3O5. The highest BCUT2D eigenvalue weighted by Gasteiger charge is 2.35. The third-order valence-electron chi connectivity index (χ3n) is 3.03. The summed E-state index contributed by atoms with van der Waals surface area (Å²) in [5.41, 5.74) is -1.25. The Kier molecular flexibility index (Phi) is 4.14. The second-order valence-corrected chi connectivity index (χ2v) is 4.27. The van der Waals surface area contributed by atoms with E-state index >= 15 is 0 Å². The molecule has 20 heavy (non-hydrogen) atoms. The quantitative estimate of drug-likeness (QED) is 0.660. The molecule has 8 nitrogen and oxygen atoms in total. The molecule has 2 heterocycles. The van der Waals surface area contributed by atoms with Crippen molar-refractivity contribution in [1.82, 2.24) is 9.13 Å². The lowest BCUT2D eigenvalue weighted by Gasteiger charge is -2.15. The molecule has 1 saturated heterocycles. The van der Waals surface area contributed by atoms with Crippen LogP contribution in [0.5, 0.6) is 0 Å². The van der Waals surface area contributed by atoms with Crippen LogP contribution in [0, 0.1) is 11.3 Å². The first-order valence-electron chi connectivity index (χ1n) is 5.93. The Morgan fingerprint density at radius 1 is 1.55 bits per heavy atom. The van der Waals surface area contributed by atoms with Crippen LogP contribution in [0.4, 0.5) is 0 Å². The summed E-state index contributed by atoms with van der Waals surface area (Å²) in [4.78, 5) is 23.7. The highest BCUT2D eigenvalue weighted by atomic mass is 16.5. The Bertz CT molecular complexity index is 669. The molecule has 0 spiro atoms. The van der Waals surface area contributed by atoms with Gasteiger partial charge in [0.1, 0.15) is 12.3 Å². The number of nitrogens with zero attached hydrogens (tertiary/aromatic N) is 3. The molecule has 0 amide bonds. The predicted octanol–water partition coefficient (Wildman–Crippen LogP) is -1.36. The van der Waals surface area contributed by atoms with Crippen LogP contribution in [0.25, 0.3) is 6.20 Å². The summed E-state index contributed by atoms with van der Waals surface area (Å²) in [5, 5.41) is 27.1. The number of rotatable bonds is 3. The standard InChI is InChI=1S/C12H13N3O5/c13-3-1-4-14-10(18)2-5-15(12(14)19)11-6-8(17)9(7-16)20-11/h1-2,4-5,8-9,11,16-17H,6-7H2/b4-1+. The van der Waals surface area contributed by atoms with E-state index in [4.69, 9.17) is 15.1 Å². The Labute approximate surface area is 113 Å². The zero-order valence-electron chi connectivity index (χ0n) is 10.4. The van der Waals surface area contributed by atoms with Gasteiger partial charge in [-0.3, -0.25) is 9.36 Å². The first-order chi connectivity index (χ1) is 9.58. The van der Waals surface area contributed by atoms with E-state index < -0.39 is 29.7 Å². The minimum Gasteiger partial charge on any atom is -0.394 e. The van der Waals surface area contributed by atoms with Crippen molar-refractivity contribution in [1.29, 1.82) is 5.26 Å². The normalized spacial score (nSPS) is 25.9. The maximum absolute atomic E-state index is 12.1. The molecule has 0 radical (unpaired) electrons. The van der Waals surface area contributed by atoms with Gasteiger partial charge in [-0.2, -0.15) is 5.26 Å². The van der Waals surface area contributed by atoms with E-state index in [0.29, 0.717) is 0 Å². The summed E-state index contributed by atoms with van der Waals surface area (Å²) in [5.74, 6) is 0. The fraction of sp³-hybridized carbons (Fsp3) is 0.417. The average molecular weight is 279 g/mol. The predicted molar refractivity (Wildman–Crippen MR) is 67.5 cm³/mol. The number of allylic oxidation sites excluding steroid dienone is 1. The molecule has 2 N–H and O–H groups in total. The maximum Gasteiger partial charge on any atom is 0.337 e. The number of hydrogen-bond acceptors (Lipinski definition) is 6. The van der Waals surface area contributed by atoms with Crippen LogP contribution in [0.1, 0.15) is 12.6 Å². The topological polar surface area (TPSA) is 117 Å². The van der Waals surface area contributed by atoms with E-state index in [0.717, 1.165) is 27.5 Å². The Morgan fingerprint density at radius 2 is 2.30 bits per heavy atom. The van der Waals surface area contributed by atoms with Gasteiger partial charge in [-0.1, -0.05) is 0 Å². The number of aromatic nitrogens is 2. The summed E-state index contributed by atoms with van der Waals surface area (Å²) in [6.07, 6.45) is 1.05. The highest BCUT2D eigenvalue weighted by molar-refractivity contribution is 5.28. The van der Waals surface area contributed by atoms with Gasteiger partial charge in [0.15, 0.2) is 0 Å². The number of aliphatic hydroxyl groups is 2. The van der Waals surface area contributed by atoms with Crippen LogP contribution >= 0.6 is 0 Å². The highest BCUT2D eigenvalue weighted by Crippen LogP contribution is 2.26. The zero-order chi connectivity index (χ0) is 14.7. The molecular weight excluding hydrogens is 266 g/mol. The summed E-state index contributed by atoms with van der Waals surface area (Å²) in [7, 11) is 0. The van der Waals surface area contributed by atoms with Crippen molar-refractivity contribution in [3.63, 3.8) is 0 Å². The molecule has 0 saturated carbocycles. The van der Waals surface area contributed by atoms with E-state index in [2.05, 4.69) is 0 Å². The van der Waals surface area contributed by atoms with Crippen molar-refractivity contribution in [2.24, 2.45) is 0 Å². The largest absolute Gasteiger partial charge is 0.394 e. The lowest BCUT2D eigenvalue weighted by Crippen LogP contribution is -2.38. The van der Waals surface area contributed by atoms with Crippen molar-refractivity contribution in [2.75, 3.05) is 6.61 Å². The van der Waals surface area contributed by atoms with Gasteiger partial charge in [0.2, 0.25) is 0 Å². The monoisotopic (exact) mass is 279 g/mol. The summed E-state index contributed by atoms with van der Waals surface area (Å²) in [6.45, 7) is -0.361.